The van der Waals surface area contributed by atoms with Crippen LogP contribution < -0.4 is 61.8 Å². The van der Waals surface area contributed by atoms with Crippen LogP contribution in [-0.4, -0.2) is 51.6 Å². The van der Waals surface area contributed by atoms with Gasteiger partial charge in [-0.2, -0.15) is 0 Å². The number of aliphatic carboxylic acids is 1. The molecule has 2 amide bonds. The monoisotopic (exact) mass is 386 g/mol. The number of hydrogen-bond donors (Lipinski definition) is 2. The number of aliphatic hydroxyl groups is 1. The quantitative estimate of drug-likeness (QED) is 0.391. The number of amides is 2. The third-order valence-electron chi connectivity index (χ3n) is 3.96. The fourth-order valence-electron chi connectivity index (χ4n) is 2.80. The summed E-state index contributed by atoms with van der Waals surface area (Å²) in [7, 11) is 0. The summed E-state index contributed by atoms with van der Waals surface area (Å²) in [5.74, 6) is -2.02. The molecule has 0 saturated carbocycles. The van der Waals surface area contributed by atoms with E-state index in [1.165, 1.54) is 11.8 Å². The van der Waals surface area contributed by atoms with Crippen LogP contribution in [0.25, 0.3) is 0 Å². The van der Waals surface area contributed by atoms with Crippen molar-refractivity contribution in [1.29, 1.82) is 0 Å². The van der Waals surface area contributed by atoms with Gasteiger partial charge in [0.05, 0.1) is 24.7 Å². The molecule has 2 atom stereocenters. The standard InChI is InChI=1S/C16H16N2O5S.K/c19-7-10-8-24-15-12(14(21)18(15)13(10)16(22)23)17-11(20)6-9-4-2-1-3-5-9;/h1-5,12,15,19H,6-8H2,(H,17,20)(H,22,23);/q;+1/p-1. The van der Waals surface area contributed by atoms with Crippen LogP contribution in [0.3, 0.4) is 0 Å². The van der Waals surface area contributed by atoms with Crippen LogP contribution in [0.4, 0.5) is 0 Å². The van der Waals surface area contributed by atoms with Crippen LogP contribution in [-0.2, 0) is 20.8 Å². The van der Waals surface area contributed by atoms with Gasteiger partial charge < -0.3 is 20.3 Å². The zero-order valence-corrected chi connectivity index (χ0v) is 17.5. The zero-order valence-electron chi connectivity index (χ0n) is 13.6. The van der Waals surface area contributed by atoms with E-state index in [4.69, 9.17) is 0 Å². The van der Waals surface area contributed by atoms with E-state index in [2.05, 4.69) is 5.32 Å². The molecule has 1 fully saturated rings. The zero-order chi connectivity index (χ0) is 17.3. The molecule has 2 aliphatic heterocycles. The minimum absolute atomic E-state index is 0. The topological polar surface area (TPSA) is 110 Å². The molecule has 1 aromatic carbocycles. The first-order valence-corrected chi connectivity index (χ1v) is 8.40. The van der Waals surface area contributed by atoms with E-state index in [0.29, 0.717) is 0 Å². The fraction of sp³-hybridized carbons (Fsp3) is 0.312. The number of benzene rings is 1. The van der Waals surface area contributed by atoms with Gasteiger partial charge in [0.15, 0.2) is 0 Å². The Morgan fingerprint density at radius 1 is 1.32 bits per heavy atom. The second kappa shape index (κ2) is 8.80. The van der Waals surface area contributed by atoms with Gasteiger partial charge in [0, 0.05) is 5.75 Å². The Labute approximate surface area is 191 Å². The van der Waals surface area contributed by atoms with E-state index >= 15 is 0 Å². The maximum Gasteiger partial charge on any atom is 1.00 e. The molecular formula is C16H15KN2O5S. The van der Waals surface area contributed by atoms with Crippen molar-refractivity contribution < 1.29 is 76.0 Å². The molecule has 2 N–H and O–H groups in total. The number of carbonyl (C=O) groups is 3. The van der Waals surface area contributed by atoms with Gasteiger partial charge >= 0.3 is 51.4 Å². The van der Waals surface area contributed by atoms with Crippen molar-refractivity contribution in [2.45, 2.75) is 17.8 Å². The molecule has 0 spiro atoms. The Morgan fingerprint density at radius 2 is 2.00 bits per heavy atom. The van der Waals surface area contributed by atoms with Crippen molar-refractivity contribution in [2.75, 3.05) is 12.4 Å². The SMILES string of the molecule is O=C(Cc1ccccc1)NC1C(=O)N2C(C(=O)[O-])=C(CO)CSC12.[K+]. The van der Waals surface area contributed by atoms with Crippen LogP contribution in [0.1, 0.15) is 5.56 Å². The Bertz CT molecular complexity index is 724. The second-order valence-electron chi connectivity index (χ2n) is 5.52. The summed E-state index contributed by atoms with van der Waals surface area (Å²) in [5, 5.41) is 22.7. The second-order valence-corrected chi connectivity index (χ2v) is 6.62. The predicted octanol–water partition coefficient (Wildman–Crippen LogP) is -4.37. The number of rotatable bonds is 5. The first-order valence-electron chi connectivity index (χ1n) is 7.35. The van der Waals surface area contributed by atoms with Gasteiger partial charge in [-0.25, -0.2) is 0 Å². The number of carboxylic acid groups (broad SMARTS) is 1. The molecule has 0 aliphatic carbocycles. The largest absolute Gasteiger partial charge is 1.00 e. The van der Waals surface area contributed by atoms with Gasteiger partial charge in [0.1, 0.15) is 11.4 Å². The Balaban J connectivity index is 0.00000225. The first kappa shape index (κ1) is 20.6. The molecule has 2 aliphatic rings. The number of hydrogen-bond acceptors (Lipinski definition) is 6. The molecule has 2 unspecified atom stereocenters. The molecule has 7 nitrogen and oxygen atoms in total. The number of carbonyl (C=O) groups excluding carboxylic acids is 3. The molecule has 3 rings (SSSR count). The summed E-state index contributed by atoms with van der Waals surface area (Å²) < 4.78 is 0. The van der Waals surface area contributed by atoms with Crippen LogP contribution in [0.5, 0.6) is 0 Å². The molecule has 0 radical (unpaired) electrons. The molecule has 0 aromatic heterocycles. The molecular weight excluding hydrogens is 371 g/mol. The molecule has 1 saturated heterocycles. The van der Waals surface area contributed by atoms with E-state index in [1.54, 1.807) is 0 Å². The third kappa shape index (κ3) is 4.18. The summed E-state index contributed by atoms with van der Waals surface area (Å²) in [4.78, 5) is 36.7. The van der Waals surface area contributed by atoms with E-state index in [1.807, 2.05) is 30.3 Å². The van der Waals surface area contributed by atoms with Gasteiger partial charge in [0.2, 0.25) is 5.91 Å². The summed E-state index contributed by atoms with van der Waals surface area (Å²) in [6.07, 6.45) is 0.146. The Hall–Kier alpha value is -0.684. The average molecular weight is 386 g/mol. The third-order valence-corrected chi connectivity index (χ3v) is 5.30. The minimum Gasteiger partial charge on any atom is -0.543 e. The Kier molecular flexibility index (Phi) is 7.26. The number of carboxylic acids is 1. The summed E-state index contributed by atoms with van der Waals surface area (Å²) >= 11 is 1.31. The average Bonchev–Trinajstić information content (AvgIpc) is 2.58. The van der Waals surface area contributed by atoms with Gasteiger partial charge in [-0.05, 0) is 11.1 Å². The summed E-state index contributed by atoms with van der Waals surface area (Å²) in [6.45, 7) is -0.447. The van der Waals surface area contributed by atoms with Gasteiger partial charge in [-0.15, -0.1) is 11.8 Å². The van der Waals surface area contributed by atoms with Gasteiger partial charge in [-0.1, -0.05) is 30.3 Å². The normalized spacial score (nSPS) is 21.8. The molecule has 126 valence electrons. The van der Waals surface area contributed by atoms with E-state index in [0.717, 1.165) is 10.5 Å². The fourth-order valence-corrected chi connectivity index (χ4v) is 4.13. The van der Waals surface area contributed by atoms with E-state index < -0.39 is 29.9 Å². The predicted molar refractivity (Wildman–Crippen MR) is 84.3 cm³/mol. The first-order chi connectivity index (χ1) is 11.5. The minimum atomic E-state index is -1.49. The van der Waals surface area contributed by atoms with Crippen molar-refractivity contribution >= 4 is 29.5 Å². The van der Waals surface area contributed by atoms with Crippen molar-refractivity contribution in [3.8, 4) is 0 Å². The number of aliphatic hydroxyl groups excluding tert-OH is 1. The number of nitrogens with zero attached hydrogens (tertiary/aromatic N) is 1. The molecule has 1 aromatic rings. The van der Waals surface area contributed by atoms with Gasteiger partial charge in [-0.3, -0.25) is 14.5 Å². The number of nitrogens with one attached hydrogen (secondary N) is 1. The van der Waals surface area contributed by atoms with Crippen molar-refractivity contribution in [3.63, 3.8) is 0 Å². The maximum atomic E-state index is 12.3. The van der Waals surface area contributed by atoms with Crippen LogP contribution in [0.2, 0.25) is 0 Å². The van der Waals surface area contributed by atoms with Crippen molar-refractivity contribution in [1.82, 2.24) is 10.2 Å². The molecule has 0 bridgehead atoms. The maximum absolute atomic E-state index is 12.3. The van der Waals surface area contributed by atoms with Crippen LogP contribution >= 0.6 is 11.8 Å². The van der Waals surface area contributed by atoms with E-state index in [-0.39, 0.29) is 80.7 Å². The van der Waals surface area contributed by atoms with Crippen molar-refractivity contribution in [2.24, 2.45) is 0 Å². The molecule has 9 heteroatoms. The molecule has 2 heterocycles. The number of β-lactam (4-membered cyclic amide) rings is 1. The smallest absolute Gasteiger partial charge is 0.543 e. The number of fused-ring (bicyclic) bond motifs is 1. The van der Waals surface area contributed by atoms with Crippen LogP contribution in [0, 0.1) is 0 Å². The Morgan fingerprint density at radius 3 is 2.60 bits per heavy atom. The number of thioether (sulfide) groups is 1. The van der Waals surface area contributed by atoms with Crippen LogP contribution in [0.15, 0.2) is 41.6 Å². The van der Waals surface area contributed by atoms with Gasteiger partial charge in [0.25, 0.3) is 5.91 Å². The molecule has 25 heavy (non-hydrogen) atoms. The summed E-state index contributed by atoms with van der Waals surface area (Å²) in [6, 6.07) is 8.36. The van der Waals surface area contributed by atoms with Crippen molar-refractivity contribution in [3.05, 3.63) is 47.2 Å². The van der Waals surface area contributed by atoms with E-state index in [9.17, 15) is 24.6 Å². The summed E-state index contributed by atoms with van der Waals surface area (Å²) in [5.41, 5.74) is 0.797.